The Morgan fingerprint density at radius 1 is 1.32 bits per heavy atom. The summed E-state index contributed by atoms with van der Waals surface area (Å²) in [6.07, 6.45) is 4.43. The Morgan fingerprint density at radius 3 is 2.73 bits per heavy atom. The summed E-state index contributed by atoms with van der Waals surface area (Å²) in [5.41, 5.74) is 0.359. The molecule has 1 aliphatic rings. The number of aromatic nitrogens is 2. The van der Waals surface area contributed by atoms with Crippen LogP contribution in [0.3, 0.4) is 0 Å². The maximum absolute atomic E-state index is 14.1. The van der Waals surface area contributed by atoms with E-state index in [1.54, 1.807) is 24.5 Å². The van der Waals surface area contributed by atoms with Crippen molar-refractivity contribution in [1.29, 1.82) is 0 Å². The van der Waals surface area contributed by atoms with E-state index in [0.717, 1.165) is 0 Å². The van der Waals surface area contributed by atoms with Crippen LogP contribution < -0.4 is 4.74 Å². The van der Waals surface area contributed by atoms with Crippen LogP contribution in [-0.4, -0.2) is 36.6 Å². The number of nitrogens with zero attached hydrogens (tertiary/aromatic N) is 2. The second-order valence-corrected chi connectivity index (χ2v) is 7.69. The van der Waals surface area contributed by atoms with Gasteiger partial charge in [0.25, 0.3) is 0 Å². The lowest BCUT2D eigenvalue weighted by Crippen LogP contribution is -2.25. The Bertz CT molecular complexity index is 772. The molecule has 0 amide bonds. The summed E-state index contributed by atoms with van der Waals surface area (Å²) in [5.74, 6) is 1.00. The summed E-state index contributed by atoms with van der Waals surface area (Å²) in [6.45, 7) is 0. The smallest absolute Gasteiger partial charge is 0.150 e. The number of benzene rings is 1. The van der Waals surface area contributed by atoms with Crippen molar-refractivity contribution < 1.29 is 17.5 Å². The highest BCUT2D eigenvalue weighted by molar-refractivity contribution is 7.91. The maximum Gasteiger partial charge on any atom is 0.150 e. The Hall–Kier alpha value is -1.89. The average Bonchev–Trinajstić information content (AvgIpc) is 2.97. The van der Waals surface area contributed by atoms with Gasteiger partial charge in [0.1, 0.15) is 27.2 Å². The summed E-state index contributed by atoms with van der Waals surface area (Å²) < 4.78 is 44.3. The Morgan fingerprint density at radius 2 is 2.05 bits per heavy atom. The number of hydrogen-bond acceptors (Lipinski definition) is 4. The summed E-state index contributed by atoms with van der Waals surface area (Å²) in [6, 6.07) is 4.53. The molecule has 1 aromatic carbocycles. The molecule has 1 saturated heterocycles. The molecular weight excluding hydrogens is 307 g/mol. The first kappa shape index (κ1) is 15.0. The van der Waals surface area contributed by atoms with Gasteiger partial charge in [-0.15, -0.1) is 0 Å². The van der Waals surface area contributed by atoms with Gasteiger partial charge in [-0.1, -0.05) is 0 Å². The third kappa shape index (κ3) is 2.85. The third-order valence-corrected chi connectivity index (χ3v) is 5.72. The van der Waals surface area contributed by atoms with Crippen LogP contribution in [-0.2, 0) is 9.84 Å². The van der Waals surface area contributed by atoms with Gasteiger partial charge in [0, 0.05) is 18.4 Å². The van der Waals surface area contributed by atoms with Gasteiger partial charge in [0.15, 0.2) is 0 Å². The second kappa shape index (κ2) is 5.72. The van der Waals surface area contributed by atoms with Gasteiger partial charge in [0.05, 0.1) is 24.2 Å². The molecular formula is C15H17FN2O3S. The summed E-state index contributed by atoms with van der Waals surface area (Å²) in [5, 5.41) is 0. The van der Waals surface area contributed by atoms with Crippen molar-refractivity contribution in [3.05, 3.63) is 36.4 Å². The van der Waals surface area contributed by atoms with Gasteiger partial charge in [-0.05, 0) is 31.0 Å². The summed E-state index contributed by atoms with van der Waals surface area (Å²) >= 11 is 0. The number of halogens is 1. The Labute approximate surface area is 128 Å². The third-order valence-electron chi connectivity index (χ3n) is 4.00. The van der Waals surface area contributed by atoms with E-state index in [2.05, 4.69) is 4.98 Å². The van der Waals surface area contributed by atoms with Crippen LogP contribution in [0.1, 0.15) is 18.9 Å². The van der Waals surface area contributed by atoms with Crippen molar-refractivity contribution in [2.75, 3.05) is 18.6 Å². The zero-order valence-corrected chi connectivity index (χ0v) is 13.0. The quantitative estimate of drug-likeness (QED) is 0.870. The maximum atomic E-state index is 14.1. The molecule has 0 bridgehead atoms. The van der Waals surface area contributed by atoms with Gasteiger partial charge in [-0.2, -0.15) is 0 Å². The molecule has 7 heteroatoms. The number of imidazole rings is 1. The first-order valence-corrected chi connectivity index (χ1v) is 8.89. The SMILES string of the molecule is COc1ccc(F)c(-c2nccn2C2CCS(=O)(=O)CC2)c1. The van der Waals surface area contributed by atoms with E-state index in [9.17, 15) is 12.8 Å². The van der Waals surface area contributed by atoms with E-state index in [-0.39, 0.29) is 23.4 Å². The van der Waals surface area contributed by atoms with E-state index in [0.29, 0.717) is 30.0 Å². The highest BCUT2D eigenvalue weighted by Gasteiger charge is 2.26. The molecule has 2 aromatic rings. The van der Waals surface area contributed by atoms with Gasteiger partial charge >= 0.3 is 0 Å². The number of methoxy groups -OCH3 is 1. The lowest BCUT2D eigenvalue weighted by atomic mass is 10.1. The van der Waals surface area contributed by atoms with Crippen LogP contribution in [0.15, 0.2) is 30.6 Å². The van der Waals surface area contributed by atoms with Crippen LogP contribution in [0.2, 0.25) is 0 Å². The predicted octanol–water partition coefficient (Wildman–Crippen LogP) is 2.45. The van der Waals surface area contributed by atoms with Gasteiger partial charge < -0.3 is 9.30 Å². The van der Waals surface area contributed by atoms with Crippen LogP contribution in [0, 0.1) is 5.82 Å². The Kier molecular flexibility index (Phi) is 3.90. The first-order valence-electron chi connectivity index (χ1n) is 7.07. The van der Waals surface area contributed by atoms with Crippen LogP contribution in [0.5, 0.6) is 5.75 Å². The molecule has 0 unspecified atom stereocenters. The standard InChI is InChI=1S/C15H17FN2O3S/c1-21-12-2-3-14(16)13(10-12)15-17-6-7-18(15)11-4-8-22(19,20)9-5-11/h2-3,6-7,10-11H,4-5,8-9H2,1H3. The molecule has 1 aliphatic heterocycles. The van der Waals surface area contributed by atoms with E-state index in [4.69, 9.17) is 4.74 Å². The minimum atomic E-state index is -2.93. The van der Waals surface area contributed by atoms with E-state index >= 15 is 0 Å². The largest absolute Gasteiger partial charge is 0.497 e. The number of rotatable bonds is 3. The molecule has 1 aromatic heterocycles. The van der Waals surface area contributed by atoms with Crippen LogP contribution in [0.25, 0.3) is 11.4 Å². The predicted molar refractivity (Wildman–Crippen MR) is 81.1 cm³/mol. The monoisotopic (exact) mass is 324 g/mol. The fraction of sp³-hybridized carbons (Fsp3) is 0.400. The van der Waals surface area contributed by atoms with E-state index < -0.39 is 9.84 Å². The fourth-order valence-electron chi connectivity index (χ4n) is 2.77. The number of ether oxygens (including phenoxy) is 1. The van der Waals surface area contributed by atoms with Gasteiger partial charge in [-0.3, -0.25) is 0 Å². The van der Waals surface area contributed by atoms with Crippen molar-refractivity contribution in [1.82, 2.24) is 9.55 Å². The van der Waals surface area contributed by atoms with Crippen LogP contribution in [0.4, 0.5) is 4.39 Å². The molecule has 1 fully saturated rings. The molecule has 0 radical (unpaired) electrons. The molecule has 2 heterocycles. The lowest BCUT2D eigenvalue weighted by molar-refractivity contribution is 0.413. The minimum absolute atomic E-state index is 0.0200. The summed E-state index contributed by atoms with van der Waals surface area (Å²) in [7, 11) is -1.41. The zero-order valence-electron chi connectivity index (χ0n) is 12.2. The van der Waals surface area contributed by atoms with Crippen molar-refractivity contribution in [3.8, 4) is 17.1 Å². The van der Waals surface area contributed by atoms with Crippen LogP contribution >= 0.6 is 0 Å². The molecule has 0 saturated carbocycles. The topological polar surface area (TPSA) is 61.2 Å². The number of hydrogen-bond donors (Lipinski definition) is 0. The van der Waals surface area contributed by atoms with Crippen molar-refractivity contribution >= 4 is 9.84 Å². The lowest BCUT2D eigenvalue weighted by Gasteiger charge is -2.25. The molecule has 0 atom stereocenters. The molecule has 0 N–H and O–H groups in total. The first-order chi connectivity index (χ1) is 10.5. The van der Waals surface area contributed by atoms with Crippen molar-refractivity contribution in [2.45, 2.75) is 18.9 Å². The molecule has 3 rings (SSSR count). The van der Waals surface area contributed by atoms with Gasteiger partial charge in [0.2, 0.25) is 0 Å². The minimum Gasteiger partial charge on any atom is -0.497 e. The summed E-state index contributed by atoms with van der Waals surface area (Å²) in [4.78, 5) is 4.25. The highest BCUT2D eigenvalue weighted by atomic mass is 32.2. The van der Waals surface area contributed by atoms with Crippen molar-refractivity contribution in [2.24, 2.45) is 0 Å². The molecule has 0 spiro atoms. The normalized spacial score (nSPS) is 18.3. The highest BCUT2D eigenvalue weighted by Crippen LogP contribution is 2.31. The average molecular weight is 324 g/mol. The fourth-order valence-corrected chi connectivity index (χ4v) is 4.24. The Balaban J connectivity index is 1.96. The van der Waals surface area contributed by atoms with Gasteiger partial charge in [-0.25, -0.2) is 17.8 Å². The second-order valence-electron chi connectivity index (χ2n) is 5.39. The van der Waals surface area contributed by atoms with E-state index in [1.807, 2.05) is 4.57 Å². The number of sulfone groups is 1. The molecule has 5 nitrogen and oxygen atoms in total. The molecule has 22 heavy (non-hydrogen) atoms. The molecule has 0 aliphatic carbocycles. The van der Waals surface area contributed by atoms with Crippen molar-refractivity contribution in [3.63, 3.8) is 0 Å². The zero-order chi connectivity index (χ0) is 15.7. The van der Waals surface area contributed by atoms with E-state index in [1.165, 1.54) is 13.2 Å². The molecule has 118 valence electrons.